The highest BCUT2D eigenvalue weighted by atomic mass is 28.3. The molecule has 4 nitrogen and oxygen atoms in total. The average molecular weight is 394 g/mol. The quantitative estimate of drug-likeness (QED) is 0.449. The minimum Gasteiger partial charge on any atom is -0.491 e. The summed E-state index contributed by atoms with van der Waals surface area (Å²) >= 11 is 0. The van der Waals surface area contributed by atoms with E-state index < -0.39 is 19.4 Å². The van der Waals surface area contributed by atoms with Crippen LogP contribution in [0.5, 0.6) is 5.75 Å². The van der Waals surface area contributed by atoms with Crippen LogP contribution in [0.2, 0.25) is 25.7 Å². The first kappa shape index (κ1) is 22.4. The molecule has 1 heterocycles. The maximum Gasteiger partial charge on any atom is 0.162 e. The molecule has 0 radical (unpaired) electrons. The van der Waals surface area contributed by atoms with E-state index in [1.165, 1.54) is 37.3 Å². The fourth-order valence-corrected chi connectivity index (χ4v) is 4.43. The van der Waals surface area contributed by atoms with Crippen LogP contribution in [0, 0.1) is 0 Å². The minimum absolute atomic E-state index is 0.388. The number of hydrogen-bond donors (Lipinski definition) is 1. The Balaban J connectivity index is 1.65. The highest BCUT2D eigenvalue weighted by molar-refractivity contribution is 6.76. The summed E-state index contributed by atoms with van der Waals surface area (Å²) in [5.74, 6) is 0.294. The highest BCUT2D eigenvalue weighted by Crippen LogP contribution is 2.23. The van der Waals surface area contributed by atoms with Crippen molar-refractivity contribution in [3.63, 3.8) is 0 Å². The first-order chi connectivity index (χ1) is 12.6. The number of ether oxygens (including phenoxy) is 3. The monoisotopic (exact) mass is 393 g/mol. The van der Waals surface area contributed by atoms with Crippen LogP contribution in [0.15, 0.2) is 24.3 Å². The number of hydrogen-bond acceptors (Lipinski definition) is 4. The molecule has 1 aliphatic heterocycles. The van der Waals surface area contributed by atoms with Crippen LogP contribution >= 0.6 is 0 Å². The summed E-state index contributed by atoms with van der Waals surface area (Å²) < 4.78 is 17.2. The summed E-state index contributed by atoms with van der Waals surface area (Å²) in [5.41, 5.74) is 7.10. The van der Waals surface area contributed by atoms with Crippen LogP contribution in [0.1, 0.15) is 45.1 Å². The van der Waals surface area contributed by atoms with Crippen molar-refractivity contribution in [3.05, 3.63) is 29.8 Å². The lowest BCUT2D eigenvalue weighted by atomic mass is 10.0. The van der Waals surface area contributed by atoms with Gasteiger partial charge in [0.15, 0.2) is 5.79 Å². The van der Waals surface area contributed by atoms with Gasteiger partial charge >= 0.3 is 0 Å². The van der Waals surface area contributed by atoms with E-state index in [-0.39, 0.29) is 0 Å². The third-order valence-corrected chi connectivity index (χ3v) is 6.86. The van der Waals surface area contributed by atoms with Crippen LogP contribution in [-0.2, 0) is 15.9 Å². The van der Waals surface area contributed by atoms with Crippen LogP contribution in [0.3, 0.4) is 0 Å². The van der Waals surface area contributed by atoms with Crippen molar-refractivity contribution in [3.8, 4) is 5.75 Å². The lowest BCUT2D eigenvalue weighted by Crippen LogP contribution is -2.60. The fourth-order valence-electron chi connectivity index (χ4n) is 3.12. The van der Waals surface area contributed by atoms with E-state index in [0.29, 0.717) is 19.8 Å². The van der Waals surface area contributed by atoms with Crippen molar-refractivity contribution in [2.45, 2.75) is 83.0 Å². The Hall–Kier alpha value is -0.883. The number of aryl methyl sites for hydroxylation is 1. The third-order valence-electron chi connectivity index (χ3n) is 5.01. The molecule has 1 aromatic rings. The molecule has 0 unspecified atom stereocenters. The van der Waals surface area contributed by atoms with Gasteiger partial charge in [0, 0.05) is 8.07 Å². The topological polar surface area (TPSA) is 53.7 Å². The van der Waals surface area contributed by atoms with Gasteiger partial charge in [0.25, 0.3) is 0 Å². The molecular formula is C22H39NO3Si. The van der Waals surface area contributed by atoms with E-state index in [9.17, 15) is 0 Å². The van der Waals surface area contributed by atoms with E-state index in [0.717, 1.165) is 12.2 Å². The van der Waals surface area contributed by atoms with Crippen LogP contribution in [0.25, 0.3) is 0 Å². The third kappa shape index (κ3) is 8.77. The lowest BCUT2D eigenvalue weighted by molar-refractivity contribution is -0.269. The molecule has 154 valence electrons. The summed E-state index contributed by atoms with van der Waals surface area (Å²) in [6.07, 6.45) is 6.50. The van der Waals surface area contributed by atoms with Gasteiger partial charge in [0.2, 0.25) is 0 Å². The molecule has 0 saturated carbocycles. The molecule has 0 atom stereocenters. The predicted octanol–water partition coefficient (Wildman–Crippen LogP) is 4.99. The second-order valence-electron chi connectivity index (χ2n) is 9.75. The van der Waals surface area contributed by atoms with E-state index in [1.807, 2.05) is 26.0 Å². The Kier molecular flexibility index (Phi) is 7.92. The van der Waals surface area contributed by atoms with Gasteiger partial charge in [0.05, 0.1) is 18.8 Å². The van der Waals surface area contributed by atoms with Crippen molar-refractivity contribution >= 4 is 8.07 Å². The van der Waals surface area contributed by atoms with Crippen LogP contribution in [-0.4, -0.2) is 39.2 Å². The Morgan fingerprint density at radius 3 is 2.15 bits per heavy atom. The van der Waals surface area contributed by atoms with E-state index in [4.69, 9.17) is 19.9 Å². The van der Waals surface area contributed by atoms with Crippen LogP contribution < -0.4 is 10.5 Å². The highest BCUT2D eigenvalue weighted by Gasteiger charge is 2.37. The number of rotatable bonds is 10. The summed E-state index contributed by atoms with van der Waals surface area (Å²) in [6.45, 7) is 12.4. The van der Waals surface area contributed by atoms with Gasteiger partial charge in [-0.15, -0.1) is 0 Å². The average Bonchev–Trinajstić information content (AvgIpc) is 2.59. The Morgan fingerprint density at radius 1 is 0.963 bits per heavy atom. The molecule has 0 aliphatic carbocycles. The van der Waals surface area contributed by atoms with Gasteiger partial charge in [-0.05, 0) is 44.4 Å². The second kappa shape index (κ2) is 9.55. The first-order valence-electron chi connectivity index (χ1n) is 10.4. The fraction of sp³-hybridized carbons (Fsp3) is 0.727. The van der Waals surface area contributed by atoms with Crippen molar-refractivity contribution < 1.29 is 14.2 Å². The molecule has 0 amide bonds. The van der Waals surface area contributed by atoms with Crippen molar-refractivity contribution in [1.82, 2.24) is 0 Å². The Morgan fingerprint density at radius 2 is 1.56 bits per heavy atom. The van der Waals surface area contributed by atoms with Gasteiger partial charge in [-0.1, -0.05) is 57.1 Å². The molecule has 5 heteroatoms. The van der Waals surface area contributed by atoms with Crippen molar-refractivity contribution in [2.75, 3.05) is 19.8 Å². The summed E-state index contributed by atoms with van der Waals surface area (Å²) in [6, 6.07) is 9.86. The smallest absolute Gasteiger partial charge is 0.162 e. The van der Waals surface area contributed by atoms with Gasteiger partial charge in [-0.3, -0.25) is 0 Å². The maximum atomic E-state index is 6.32. The zero-order valence-corrected chi connectivity index (χ0v) is 19.0. The molecule has 1 saturated heterocycles. The second-order valence-corrected chi connectivity index (χ2v) is 15.4. The standard InChI is InChI=1S/C22H39NO3Si/c1-21(2)25-17-22(23,18-26-21)16-24-20-13-11-19(12-14-20)10-8-6-7-9-15-27(3,4)5/h11-14H,6-10,15-18,23H2,1-5H3. The lowest BCUT2D eigenvalue weighted by Gasteiger charge is -2.40. The Bertz CT molecular complexity index is 556. The number of benzene rings is 1. The molecular weight excluding hydrogens is 354 g/mol. The summed E-state index contributed by atoms with van der Waals surface area (Å²) in [5, 5.41) is 0. The minimum atomic E-state index is -0.859. The van der Waals surface area contributed by atoms with Crippen molar-refractivity contribution in [1.29, 1.82) is 0 Å². The molecule has 0 bridgehead atoms. The first-order valence-corrected chi connectivity index (χ1v) is 14.1. The molecule has 1 aliphatic rings. The predicted molar refractivity (Wildman–Crippen MR) is 115 cm³/mol. The molecule has 0 aromatic heterocycles. The van der Waals surface area contributed by atoms with E-state index in [1.54, 1.807) is 0 Å². The van der Waals surface area contributed by atoms with Gasteiger partial charge in [-0.2, -0.15) is 0 Å². The molecule has 27 heavy (non-hydrogen) atoms. The summed E-state index contributed by atoms with van der Waals surface area (Å²) in [7, 11) is -0.859. The van der Waals surface area contributed by atoms with Gasteiger partial charge < -0.3 is 19.9 Å². The van der Waals surface area contributed by atoms with E-state index in [2.05, 4.69) is 31.8 Å². The molecule has 2 rings (SSSR count). The molecule has 0 spiro atoms. The largest absolute Gasteiger partial charge is 0.491 e. The summed E-state index contributed by atoms with van der Waals surface area (Å²) in [4.78, 5) is 0. The molecule has 1 fully saturated rings. The van der Waals surface area contributed by atoms with Crippen molar-refractivity contribution in [2.24, 2.45) is 5.73 Å². The SMILES string of the molecule is CC1(C)OCC(N)(COc2ccc(CCCCCC[Si](C)(C)C)cc2)CO1. The van der Waals surface area contributed by atoms with E-state index >= 15 is 0 Å². The maximum absolute atomic E-state index is 6.32. The number of nitrogens with two attached hydrogens (primary N) is 1. The van der Waals surface area contributed by atoms with Gasteiger partial charge in [0.1, 0.15) is 12.4 Å². The Labute approximate surface area is 166 Å². The van der Waals surface area contributed by atoms with Crippen LogP contribution in [0.4, 0.5) is 0 Å². The van der Waals surface area contributed by atoms with Gasteiger partial charge in [-0.25, -0.2) is 0 Å². The normalized spacial score (nSPS) is 19.0. The molecule has 1 aromatic carbocycles. The zero-order chi connectivity index (χ0) is 20.0. The number of unbranched alkanes of at least 4 members (excludes halogenated alkanes) is 3. The zero-order valence-electron chi connectivity index (χ0n) is 18.0. The molecule has 2 N–H and O–H groups in total.